The Balaban J connectivity index is 1.35. The summed E-state index contributed by atoms with van der Waals surface area (Å²) in [6, 6.07) is 20.7. The summed E-state index contributed by atoms with van der Waals surface area (Å²) in [6.45, 7) is 4.33. The van der Waals surface area contributed by atoms with Crippen LogP contribution in [0, 0.1) is 0 Å². The van der Waals surface area contributed by atoms with Crippen molar-refractivity contribution in [1.82, 2.24) is 9.47 Å². The molecule has 0 aliphatic carbocycles. The molecular formula is C30H25Cl2N3O3S. The van der Waals surface area contributed by atoms with Gasteiger partial charge in [-0.2, -0.15) is 0 Å². The number of halogens is 2. The minimum absolute atomic E-state index is 0.265. The quantitative estimate of drug-likeness (QED) is 0.227. The monoisotopic (exact) mass is 577 g/mol. The highest BCUT2D eigenvalue weighted by atomic mass is 35.5. The van der Waals surface area contributed by atoms with Crippen LogP contribution < -0.4 is 5.32 Å². The minimum Gasteiger partial charge on any atom is -0.342 e. The Bertz CT molecular complexity index is 1630. The molecule has 6 nitrogen and oxygen atoms in total. The second kappa shape index (κ2) is 11.3. The van der Waals surface area contributed by atoms with E-state index in [2.05, 4.69) is 19.2 Å². The number of imide groups is 1. The molecule has 9 heteroatoms. The Kier molecular flexibility index (Phi) is 7.84. The molecule has 2 heterocycles. The summed E-state index contributed by atoms with van der Waals surface area (Å²) in [4.78, 5) is 39.7. The van der Waals surface area contributed by atoms with Gasteiger partial charge in [0.1, 0.15) is 6.54 Å². The van der Waals surface area contributed by atoms with E-state index in [4.69, 9.17) is 23.2 Å². The standard InChI is InChI=1S/C30H25Cl2N3O3S/c1-18(2)19-8-11-23(12-9-19)33-28(36)17-35-29(37)27(39-30(35)38)13-21-16-34(26-6-4-3-5-24(21)26)15-20-7-10-22(31)14-25(20)32/h3-14,16,18H,15,17H2,1-2H3,(H,33,36)/b27-13+. The zero-order valence-electron chi connectivity index (χ0n) is 21.3. The van der Waals surface area contributed by atoms with E-state index >= 15 is 0 Å². The van der Waals surface area contributed by atoms with Gasteiger partial charge in [-0.1, -0.05) is 73.4 Å². The number of nitrogens with zero attached hydrogens (tertiary/aromatic N) is 2. The van der Waals surface area contributed by atoms with E-state index in [1.165, 1.54) is 0 Å². The first-order valence-corrected chi connectivity index (χ1v) is 13.9. The molecule has 3 amide bonds. The molecule has 0 spiro atoms. The molecule has 1 aliphatic rings. The predicted molar refractivity (Wildman–Crippen MR) is 159 cm³/mol. The number of aromatic nitrogens is 1. The molecule has 39 heavy (non-hydrogen) atoms. The molecule has 1 N–H and O–H groups in total. The largest absolute Gasteiger partial charge is 0.342 e. The minimum atomic E-state index is -0.493. The van der Waals surface area contributed by atoms with Crippen LogP contribution in [0.4, 0.5) is 10.5 Å². The molecular weight excluding hydrogens is 553 g/mol. The zero-order valence-corrected chi connectivity index (χ0v) is 23.6. The van der Waals surface area contributed by atoms with E-state index in [-0.39, 0.29) is 11.4 Å². The number of anilines is 1. The second-order valence-electron chi connectivity index (χ2n) is 9.56. The van der Waals surface area contributed by atoms with E-state index < -0.39 is 17.1 Å². The third-order valence-corrected chi connectivity index (χ3v) is 7.99. The van der Waals surface area contributed by atoms with Gasteiger partial charge in [0.25, 0.3) is 11.1 Å². The van der Waals surface area contributed by atoms with Gasteiger partial charge in [-0.05, 0) is 65.2 Å². The molecule has 5 rings (SSSR count). The van der Waals surface area contributed by atoms with Crippen molar-refractivity contribution in [2.45, 2.75) is 26.3 Å². The van der Waals surface area contributed by atoms with Gasteiger partial charge in [0, 0.05) is 44.9 Å². The predicted octanol–water partition coefficient (Wildman–Crippen LogP) is 7.79. The van der Waals surface area contributed by atoms with Crippen molar-refractivity contribution < 1.29 is 14.4 Å². The normalized spacial score (nSPS) is 14.7. The van der Waals surface area contributed by atoms with Gasteiger partial charge in [0.05, 0.1) is 4.91 Å². The Morgan fingerprint density at radius 1 is 1.03 bits per heavy atom. The van der Waals surface area contributed by atoms with Crippen molar-refractivity contribution >= 4 is 74.7 Å². The summed E-state index contributed by atoms with van der Waals surface area (Å²) in [6.07, 6.45) is 3.63. The van der Waals surface area contributed by atoms with Crippen LogP contribution in [0.5, 0.6) is 0 Å². The summed E-state index contributed by atoms with van der Waals surface area (Å²) in [5.74, 6) is -0.554. The molecule has 0 bridgehead atoms. The molecule has 1 saturated heterocycles. The van der Waals surface area contributed by atoms with Crippen LogP contribution in [0.25, 0.3) is 17.0 Å². The molecule has 0 saturated carbocycles. The average Bonchev–Trinajstić information content (AvgIpc) is 3.38. The number of benzene rings is 3. The number of hydrogen-bond donors (Lipinski definition) is 1. The maximum Gasteiger partial charge on any atom is 0.294 e. The summed E-state index contributed by atoms with van der Waals surface area (Å²) in [5.41, 5.74) is 4.41. The lowest BCUT2D eigenvalue weighted by Gasteiger charge is -2.13. The molecule has 0 atom stereocenters. The SMILES string of the molecule is CC(C)c1ccc(NC(=O)CN2C(=O)S/C(=C/c3cn(Cc4ccc(Cl)cc4Cl)c4ccccc34)C2=O)cc1. The molecule has 1 aliphatic heterocycles. The fraction of sp³-hybridized carbons (Fsp3) is 0.167. The van der Waals surface area contributed by atoms with Crippen molar-refractivity contribution in [1.29, 1.82) is 0 Å². The second-order valence-corrected chi connectivity index (χ2v) is 11.4. The fourth-order valence-electron chi connectivity index (χ4n) is 4.43. The van der Waals surface area contributed by atoms with E-state index in [1.54, 1.807) is 18.2 Å². The summed E-state index contributed by atoms with van der Waals surface area (Å²) < 4.78 is 2.04. The Hall–Kier alpha value is -3.52. The molecule has 0 unspecified atom stereocenters. The highest BCUT2D eigenvalue weighted by Crippen LogP contribution is 2.34. The van der Waals surface area contributed by atoms with Crippen molar-refractivity contribution in [3.8, 4) is 0 Å². The lowest BCUT2D eigenvalue weighted by molar-refractivity contribution is -0.127. The van der Waals surface area contributed by atoms with Gasteiger partial charge in [0.15, 0.2) is 0 Å². The number of nitrogens with one attached hydrogen (secondary N) is 1. The first-order chi connectivity index (χ1) is 18.7. The zero-order chi connectivity index (χ0) is 27.7. The lowest BCUT2D eigenvalue weighted by atomic mass is 10.0. The number of rotatable bonds is 7. The molecule has 0 radical (unpaired) electrons. The fourth-order valence-corrected chi connectivity index (χ4v) is 5.72. The number of hydrogen-bond acceptors (Lipinski definition) is 4. The average molecular weight is 579 g/mol. The Morgan fingerprint density at radius 3 is 2.49 bits per heavy atom. The summed E-state index contributed by atoms with van der Waals surface area (Å²) in [7, 11) is 0. The molecule has 1 fully saturated rings. The summed E-state index contributed by atoms with van der Waals surface area (Å²) >= 11 is 13.3. The third-order valence-electron chi connectivity index (χ3n) is 6.50. The number of fused-ring (bicyclic) bond motifs is 1. The molecule has 1 aromatic heterocycles. The number of thioether (sulfide) groups is 1. The summed E-state index contributed by atoms with van der Waals surface area (Å²) in [5, 5.41) is 4.34. The molecule has 4 aromatic rings. The van der Waals surface area contributed by atoms with Crippen molar-refractivity contribution in [2.24, 2.45) is 0 Å². The first kappa shape index (κ1) is 27.1. The first-order valence-electron chi connectivity index (χ1n) is 12.4. The van der Waals surface area contributed by atoms with Crippen molar-refractivity contribution in [2.75, 3.05) is 11.9 Å². The maximum absolute atomic E-state index is 13.1. The van der Waals surface area contributed by atoms with Gasteiger partial charge in [-0.15, -0.1) is 0 Å². The molecule has 198 valence electrons. The van der Waals surface area contributed by atoms with Crippen LogP contribution in [0.1, 0.15) is 36.5 Å². The van der Waals surface area contributed by atoms with Crippen LogP contribution in [0.3, 0.4) is 0 Å². The van der Waals surface area contributed by atoms with Crippen molar-refractivity contribution in [3.63, 3.8) is 0 Å². The van der Waals surface area contributed by atoms with Crippen LogP contribution >= 0.6 is 35.0 Å². The van der Waals surface area contributed by atoms with Gasteiger partial charge in [0.2, 0.25) is 5.91 Å². The third kappa shape index (κ3) is 5.91. The maximum atomic E-state index is 13.1. The number of carbonyl (C=O) groups excluding carboxylic acids is 3. The molecule has 3 aromatic carbocycles. The number of amides is 3. The van der Waals surface area contributed by atoms with Crippen LogP contribution in [-0.4, -0.2) is 33.1 Å². The number of para-hydroxylation sites is 1. The van der Waals surface area contributed by atoms with Crippen LogP contribution in [0.15, 0.2) is 77.8 Å². The van der Waals surface area contributed by atoms with Gasteiger partial charge in [-0.25, -0.2) is 0 Å². The van der Waals surface area contributed by atoms with Crippen LogP contribution in [-0.2, 0) is 16.1 Å². The van der Waals surface area contributed by atoms with Gasteiger partial charge >= 0.3 is 0 Å². The van der Waals surface area contributed by atoms with E-state index in [9.17, 15) is 14.4 Å². The Labute approximate surface area is 240 Å². The van der Waals surface area contributed by atoms with E-state index in [0.717, 1.165) is 44.3 Å². The van der Waals surface area contributed by atoms with Crippen molar-refractivity contribution in [3.05, 3.63) is 105 Å². The number of carbonyl (C=O) groups is 3. The Morgan fingerprint density at radius 2 is 1.77 bits per heavy atom. The van der Waals surface area contributed by atoms with Gasteiger partial charge < -0.3 is 9.88 Å². The van der Waals surface area contributed by atoms with Gasteiger partial charge in [-0.3, -0.25) is 19.3 Å². The highest BCUT2D eigenvalue weighted by molar-refractivity contribution is 8.18. The van der Waals surface area contributed by atoms with E-state index in [0.29, 0.717) is 28.2 Å². The lowest BCUT2D eigenvalue weighted by Crippen LogP contribution is -2.36. The van der Waals surface area contributed by atoms with Crippen LogP contribution in [0.2, 0.25) is 10.0 Å². The topological polar surface area (TPSA) is 71.4 Å². The smallest absolute Gasteiger partial charge is 0.294 e. The van der Waals surface area contributed by atoms with E-state index in [1.807, 2.05) is 65.4 Å². The highest BCUT2D eigenvalue weighted by Gasteiger charge is 2.36.